The molecule has 3 nitrogen and oxygen atoms in total. The van der Waals surface area contributed by atoms with Gasteiger partial charge in [-0.25, -0.2) is 0 Å². The second-order valence-corrected chi connectivity index (χ2v) is 4.50. The molecule has 0 saturated carbocycles. The molecule has 1 aromatic heterocycles. The molecule has 2 rings (SSSR count). The second kappa shape index (κ2) is 5.97. The maximum Gasteiger partial charge on any atom is 0.0547 e. The topological polar surface area (TPSA) is 28.2 Å². The highest BCUT2D eigenvalue weighted by Crippen LogP contribution is 2.05. The number of aromatic nitrogens is 1. The minimum Gasteiger partial charge on any atom is -0.317 e. The Bertz CT molecular complexity index is 317. The molecule has 1 fully saturated rings. The van der Waals surface area contributed by atoms with Crippen LogP contribution in [0.15, 0.2) is 18.2 Å². The minimum absolute atomic E-state index is 1.00. The van der Waals surface area contributed by atoms with Crippen LogP contribution in [0.25, 0.3) is 0 Å². The molecule has 1 aromatic rings. The molecule has 1 saturated heterocycles. The van der Waals surface area contributed by atoms with E-state index in [0.717, 1.165) is 25.3 Å². The summed E-state index contributed by atoms with van der Waals surface area (Å²) in [5, 5.41) is 3.44. The first kappa shape index (κ1) is 11.6. The largest absolute Gasteiger partial charge is 0.317 e. The van der Waals surface area contributed by atoms with Gasteiger partial charge in [0.15, 0.2) is 0 Å². The minimum atomic E-state index is 1.00. The lowest BCUT2D eigenvalue weighted by atomic mass is 10.2. The number of rotatable bonds is 2. The summed E-state index contributed by atoms with van der Waals surface area (Å²) < 4.78 is 0. The van der Waals surface area contributed by atoms with Gasteiger partial charge in [0.2, 0.25) is 0 Å². The number of hydrogen-bond donors (Lipinski definition) is 1. The standard InChI is InChI=1S/C13H21N3/c1-12-5-2-6-13(15-12)11-16-9-3-7-14-8-4-10-16/h2,5-6,14H,3-4,7-11H2,1H3. The van der Waals surface area contributed by atoms with Crippen molar-refractivity contribution in [2.45, 2.75) is 26.3 Å². The zero-order chi connectivity index (χ0) is 11.2. The van der Waals surface area contributed by atoms with Crippen LogP contribution in [0.2, 0.25) is 0 Å². The van der Waals surface area contributed by atoms with E-state index in [1.807, 2.05) is 0 Å². The van der Waals surface area contributed by atoms with Crippen molar-refractivity contribution >= 4 is 0 Å². The van der Waals surface area contributed by atoms with Crippen LogP contribution >= 0.6 is 0 Å². The van der Waals surface area contributed by atoms with E-state index in [-0.39, 0.29) is 0 Å². The average Bonchev–Trinajstić information content (AvgIpc) is 2.22. The lowest BCUT2D eigenvalue weighted by Crippen LogP contribution is -2.33. The molecule has 0 aromatic carbocycles. The van der Waals surface area contributed by atoms with Crippen LogP contribution in [0, 0.1) is 6.92 Å². The van der Waals surface area contributed by atoms with Gasteiger partial charge in [-0.2, -0.15) is 0 Å². The highest BCUT2D eigenvalue weighted by Gasteiger charge is 2.08. The number of aryl methyl sites for hydroxylation is 1. The summed E-state index contributed by atoms with van der Waals surface area (Å²) in [5.74, 6) is 0. The molecule has 16 heavy (non-hydrogen) atoms. The van der Waals surface area contributed by atoms with Crippen LogP contribution in [0.4, 0.5) is 0 Å². The van der Waals surface area contributed by atoms with Crippen molar-refractivity contribution in [3.8, 4) is 0 Å². The van der Waals surface area contributed by atoms with Crippen molar-refractivity contribution in [3.05, 3.63) is 29.6 Å². The van der Waals surface area contributed by atoms with Crippen LogP contribution in [-0.2, 0) is 6.54 Å². The van der Waals surface area contributed by atoms with Gasteiger partial charge < -0.3 is 5.32 Å². The van der Waals surface area contributed by atoms with Crippen LogP contribution in [0.3, 0.4) is 0 Å². The maximum atomic E-state index is 4.56. The fourth-order valence-electron chi connectivity index (χ4n) is 2.17. The van der Waals surface area contributed by atoms with Gasteiger partial charge in [0, 0.05) is 12.2 Å². The predicted molar refractivity (Wildman–Crippen MR) is 66.4 cm³/mol. The summed E-state index contributed by atoms with van der Waals surface area (Å²) >= 11 is 0. The lowest BCUT2D eigenvalue weighted by Gasteiger charge is -2.24. The van der Waals surface area contributed by atoms with Gasteiger partial charge in [-0.05, 0) is 58.1 Å². The van der Waals surface area contributed by atoms with Crippen LogP contribution in [0.1, 0.15) is 24.2 Å². The van der Waals surface area contributed by atoms with Gasteiger partial charge in [0.25, 0.3) is 0 Å². The van der Waals surface area contributed by atoms with Gasteiger partial charge in [-0.15, -0.1) is 0 Å². The molecule has 0 amide bonds. The van der Waals surface area contributed by atoms with Gasteiger partial charge in [0.1, 0.15) is 0 Å². The maximum absolute atomic E-state index is 4.56. The van der Waals surface area contributed by atoms with E-state index in [2.05, 4.69) is 40.3 Å². The smallest absolute Gasteiger partial charge is 0.0547 e. The normalized spacial score (nSPS) is 19.1. The Balaban J connectivity index is 1.91. The van der Waals surface area contributed by atoms with E-state index in [0.29, 0.717) is 0 Å². The molecule has 0 aliphatic carbocycles. The molecule has 0 spiro atoms. The summed E-state index contributed by atoms with van der Waals surface area (Å²) in [4.78, 5) is 7.08. The van der Waals surface area contributed by atoms with E-state index in [9.17, 15) is 0 Å². The zero-order valence-corrected chi connectivity index (χ0v) is 10.1. The molecule has 1 aliphatic heterocycles. The predicted octanol–water partition coefficient (Wildman–Crippen LogP) is 1.58. The third-order valence-electron chi connectivity index (χ3n) is 2.99. The first-order valence-corrected chi connectivity index (χ1v) is 6.20. The molecule has 2 heterocycles. The molecule has 0 unspecified atom stereocenters. The van der Waals surface area contributed by atoms with E-state index in [1.54, 1.807) is 0 Å². The van der Waals surface area contributed by atoms with Gasteiger partial charge in [0.05, 0.1) is 5.69 Å². The molecule has 0 atom stereocenters. The van der Waals surface area contributed by atoms with Gasteiger partial charge in [-0.3, -0.25) is 9.88 Å². The average molecular weight is 219 g/mol. The number of pyridine rings is 1. The Labute approximate surface area is 97.9 Å². The number of hydrogen-bond acceptors (Lipinski definition) is 3. The monoisotopic (exact) mass is 219 g/mol. The Morgan fingerprint density at radius 3 is 2.69 bits per heavy atom. The van der Waals surface area contributed by atoms with E-state index in [1.165, 1.54) is 31.6 Å². The molecule has 1 aliphatic rings. The van der Waals surface area contributed by atoms with E-state index < -0.39 is 0 Å². The molecule has 0 bridgehead atoms. The van der Waals surface area contributed by atoms with Crippen molar-refractivity contribution in [1.82, 2.24) is 15.2 Å². The highest BCUT2D eigenvalue weighted by molar-refractivity contribution is 5.09. The third kappa shape index (κ3) is 3.58. The van der Waals surface area contributed by atoms with Gasteiger partial charge in [-0.1, -0.05) is 6.07 Å². The summed E-state index contributed by atoms with van der Waals surface area (Å²) in [6.45, 7) is 7.73. The first-order valence-electron chi connectivity index (χ1n) is 6.20. The summed E-state index contributed by atoms with van der Waals surface area (Å²) in [6.07, 6.45) is 2.48. The quantitative estimate of drug-likeness (QED) is 0.818. The Kier molecular flexibility index (Phi) is 4.31. The molecule has 3 heteroatoms. The Hall–Kier alpha value is -0.930. The molecular formula is C13H21N3. The van der Waals surface area contributed by atoms with Crippen LogP contribution in [-0.4, -0.2) is 36.1 Å². The molecule has 88 valence electrons. The fraction of sp³-hybridized carbons (Fsp3) is 0.615. The fourth-order valence-corrected chi connectivity index (χ4v) is 2.17. The summed E-state index contributed by atoms with van der Waals surface area (Å²) in [6, 6.07) is 6.29. The number of nitrogens with one attached hydrogen (secondary N) is 1. The lowest BCUT2D eigenvalue weighted by molar-refractivity contribution is 0.242. The SMILES string of the molecule is Cc1cccc(CN2CCCNCCC2)n1. The van der Waals surface area contributed by atoms with Crippen LogP contribution < -0.4 is 5.32 Å². The Morgan fingerprint density at radius 1 is 1.25 bits per heavy atom. The van der Waals surface area contributed by atoms with E-state index >= 15 is 0 Å². The third-order valence-corrected chi connectivity index (χ3v) is 2.99. The van der Waals surface area contributed by atoms with Crippen molar-refractivity contribution in [3.63, 3.8) is 0 Å². The molecule has 0 radical (unpaired) electrons. The van der Waals surface area contributed by atoms with Crippen molar-refractivity contribution in [2.75, 3.05) is 26.2 Å². The van der Waals surface area contributed by atoms with Gasteiger partial charge >= 0.3 is 0 Å². The zero-order valence-electron chi connectivity index (χ0n) is 10.1. The molecule has 1 N–H and O–H groups in total. The first-order chi connectivity index (χ1) is 7.84. The number of nitrogens with zero attached hydrogens (tertiary/aromatic N) is 2. The van der Waals surface area contributed by atoms with Crippen molar-refractivity contribution in [2.24, 2.45) is 0 Å². The van der Waals surface area contributed by atoms with Crippen molar-refractivity contribution < 1.29 is 0 Å². The van der Waals surface area contributed by atoms with Crippen molar-refractivity contribution in [1.29, 1.82) is 0 Å². The highest BCUT2D eigenvalue weighted by atomic mass is 15.1. The summed E-state index contributed by atoms with van der Waals surface area (Å²) in [5.41, 5.74) is 2.32. The summed E-state index contributed by atoms with van der Waals surface area (Å²) in [7, 11) is 0. The second-order valence-electron chi connectivity index (χ2n) is 4.50. The Morgan fingerprint density at radius 2 is 2.00 bits per heavy atom. The molecular weight excluding hydrogens is 198 g/mol. The van der Waals surface area contributed by atoms with Crippen LogP contribution in [0.5, 0.6) is 0 Å². The van der Waals surface area contributed by atoms with E-state index in [4.69, 9.17) is 0 Å².